The Bertz CT molecular complexity index is 407. The minimum absolute atomic E-state index is 0.465. The molecule has 0 aliphatic carbocycles. The fourth-order valence-electron chi connectivity index (χ4n) is 1.69. The molecule has 17 heavy (non-hydrogen) atoms. The topological polar surface area (TPSA) is 61.5 Å². The maximum atomic E-state index is 11.0. The Labute approximate surface area is 109 Å². The van der Waals surface area contributed by atoms with Crippen molar-refractivity contribution in [3.63, 3.8) is 0 Å². The number of hydrogen-bond acceptors (Lipinski definition) is 4. The van der Waals surface area contributed by atoms with Crippen molar-refractivity contribution in [3.8, 4) is 11.5 Å². The van der Waals surface area contributed by atoms with Gasteiger partial charge in [-0.15, -0.1) is 0 Å². The average molecular weight is 302 g/mol. The van der Waals surface area contributed by atoms with Crippen LogP contribution in [0.15, 0.2) is 10.5 Å². The van der Waals surface area contributed by atoms with Gasteiger partial charge in [-0.3, -0.25) is 4.79 Å². The van der Waals surface area contributed by atoms with Crippen LogP contribution in [0.25, 0.3) is 0 Å². The molecule has 1 aromatic rings. The molecule has 1 rings (SSSR count). The first-order valence-corrected chi connectivity index (χ1v) is 6.07. The lowest BCUT2D eigenvalue weighted by Crippen LogP contribution is -2.04. The summed E-state index contributed by atoms with van der Waals surface area (Å²) in [6, 6.07) is 1.74. The molecule has 2 N–H and O–H groups in total. The standard InChI is InChI=1S/C12H16BrNO3/c1-16-11-8(7-15)6-10(13)9(4-3-5-14)12(11)17-2/h6-7H,3-5,14H2,1-2H3. The van der Waals surface area contributed by atoms with Crippen molar-refractivity contribution >= 4 is 22.2 Å². The summed E-state index contributed by atoms with van der Waals surface area (Å²) >= 11 is 3.44. The fourth-order valence-corrected chi connectivity index (χ4v) is 2.32. The summed E-state index contributed by atoms with van der Waals surface area (Å²) in [6.45, 7) is 0.605. The van der Waals surface area contributed by atoms with Crippen LogP contribution >= 0.6 is 15.9 Å². The van der Waals surface area contributed by atoms with Crippen molar-refractivity contribution in [1.82, 2.24) is 0 Å². The smallest absolute Gasteiger partial charge is 0.171 e. The van der Waals surface area contributed by atoms with Crippen LogP contribution in [-0.4, -0.2) is 27.1 Å². The second kappa shape index (κ2) is 6.61. The molecule has 0 amide bonds. The maximum absolute atomic E-state index is 11.0. The van der Waals surface area contributed by atoms with Gasteiger partial charge in [0.1, 0.15) is 0 Å². The summed E-state index contributed by atoms with van der Waals surface area (Å²) in [7, 11) is 3.08. The van der Waals surface area contributed by atoms with Gasteiger partial charge < -0.3 is 15.2 Å². The summed E-state index contributed by atoms with van der Waals surface area (Å²) in [5.74, 6) is 1.06. The summed E-state index contributed by atoms with van der Waals surface area (Å²) < 4.78 is 11.4. The first-order chi connectivity index (χ1) is 8.19. The molecule has 0 aliphatic rings. The summed E-state index contributed by atoms with van der Waals surface area (Å²) in [6.07, 6.45) is 2.37. The van der Waals surface area contributed by atoms with Crippen LogP contribution in [-0.2, 0) is 6.42 Å². The van der Waals surface area contributed by atoms with Crippen molar-refractivity contribution in [2.75, 3.05) is 20.8 Å². The van der Waals surface area contributed by atoms with Gasteiger partial charge in [0.25, 0.3) is 0 Å². The molecule has 0 saturated carbocycles. The van der Waals surface area contributed by atoms with Crippen LogP contribution in [0, 0.1) is 0 Å². The first kappa shape index (κ1) is 14.0. The fraction of sp³-hybridized carbons (Fsp3) is 0.417. The first-order valence-electron chi connectivity index (χ1n) is 5.28. The molecule has 0 fully saturated rings. The van der Waals surface area contributed by atoms with E-state index in [4.69, 9.17) is 15.2 Å². The number of rotatable bonds is 6. The van der Waals surface area contributed by atoms with Gasteiger partial charge in [-0.1, -0.05) is 15.9 Å². The zero-order valence-corrected chi connectivity index (χ0v) is 11.5. The largest absolute Gasteiger partial charge is 0.493 e. The Hall–Kier alpha value is -1.07. The zero-order chi connectivity index (χ0) is 12.8. The van der Waals surface area contributed by atoms with Gasteiger partial charge in [-0.05, 0) is 25.5 Å². The molecule has 5 heteroatoms. The molecule has 4 nitrogen and oxygen atoms in total. The highest BCUT2D eigenvalue weighted by Crippen LogP contribution is 2.39. The van der Waals surface area contributed by atoms with E-state index in [2.05, 4.69) is 15.9 Å². The number of aldehydes is 1. The van der Waals surface area contributed by atoms with Crippen molar-refractivity contribution in [2.45, 2.75) is 12.8 Å². The molecule has 0 spiro atoms. The minimum atomic E-state index is 0.465. The molecular formula is C12H16BrNO3. The molecule has 0 aromatic heterocycles. The van der Waals surface area contributed by atoms with Gasteiger partial charge in [-0.25, -0.2) is 0 Å². The van der Waals surface area contributed by atoms with Crippen LogP contribution in [0.5, 0.6) is 11.5 Å². The Morgan fingerprint density at radius 3 is 2.47 bits per heavy atom. The van der Waals surface area contributed by atoms with Crippen LogP contribution in [0.2, 0.25) is 0 Å². The van der Waals surface area contributed by atoms with Gasteiger partial charge in [0.05, 0.1) is 19.8 Å². The lowest BCUT2D eigenvalue weighted by molar-refractivity contribution is 0.112. The summed E-state index contributed by atoms with van der Waals surface area (Å²) in [4.78, 5) is 11.0. The predicted molar refractivity (Wildman–Crippen MR) is 70.0 cm³/mol. The van der Waals surface area contributed by atoms with Crippen LogP contribution in [0.4, 0.5) is 0 Å². The Morgan fingerprint density at radius 1 is 1.35 bits per heavy atom. The van der Waals surface area contributed by atoms with Gasteiger partial charge in [0, 0.05) is 10.0 Å². The number of carbonyl (C=O) groups excluding carboxylic acids is 1. The van der Waals surface area contributed by atoms with E-state index in [1.165, 1.54) is 7.11 Å². The van der Waals surface area contributed by atoms with E-state index >= 15 is 0 Å². The normalized spacial score (nSPS) is 10.1. The van der Waals surface area contributed by atoms with E-state index in [1.54, 1.807) is 13.2 Å². The minimum Gasteiger partial charge on any atom is -0.493 e. The molecule has 0 unspecified atom stereocenters. The number of nitrogens with two attached hydrogens (primary N) is 1. The Morgan fingerprint density at radius 2 is 2.00 bits per heavy atom. The Kier molecular flexibility index (Phi) is 5.44. The van der Waals surface area contributed by atoms with Crippen LogP contribution in [0.3, 0.4) is 0 Å². The van der Waals surface area contributed by atoms with Crippen LogP contribution < -0.4 is 15.2 Å². The highest BCUT2D eigenvalue weighted by molar-refractivity contribution is 9.10. The monoisotopic (exact) mass is 301 g/mol. The highest BCUT2D eigenvalue weighted by atomic mass is 79.9. The van der Waals surface area contributed by atoms with Crippen molar-refractivity contribution < 1.29 is 14.3 Å². The van der Waals surface area contributed by atoms with E-state index in [-0.39, 0.29) is 0 Å². The zero-order valence-electron chi connectivity index (χ0n) is 9.96. The second-order valence-electron chi connectivity index (χ2n) is 3.50. The molecular weight excluding hydrogens is 286 g/mol. The lowest BCUT2D eigenvalue weighted by Gasteiger charge is -2.16. The maximum Gasteiger partial charge on any atom is 0.171 e. The molecule has 0 atom stereocenters. The quantitative estimate of drug-likeness (QED) is 0.818. The number of halogens is 1. The molecule has 0 bridgehead atoms. The third kappa shape index (κ3) is 2.98. The number of ether oxygens (including phenoxy) is 2. The summed E-state index contributed by atoms with van der Waals surface area (Å²) in [5.41, 5.74) is 6.94. The Balaban J connectivity index is 3.32. The number of carbonyl (C=O) groups is 1. The van der Waals surface area contributed by atoms with Gasteiger partial charge in [0.2, 0.25) is 0 Å². The van der Waals surface area contributed by atoms with Crippen LogP contribution in [0.1, 0.15) is 22.3 Å². The summed E-state index contributed by atoms with van der Waals surface area (Å²) in [5, 5.41) is 0. The van der Waals surface area contributed by atoms with Gasteiger partial charge in [-0.2, -0.15) is 0 Å². The number of benzene rings is 1. The number of hydrogen-bond donors (Lipinski definition) is 1. The van der Waals surface area contributed by atoms with Crippen molar-refractivity contribution in [2.24, 2.45) is 5.73 Å². The lowest BCUT2D eigenvalue weighted by atomic mass is 10.0. The van der Waals surface area contributed by atoms with E-state index in [9.17, 15) is 4.79 Å². The van der Waals surface area contributed by atoms with Crippen molar-refractivity contribution in [1.29, 1.82) is 0 Å². The molecule has 0 saturated heterocycles. The number of methoxy groups -OCH3 is 2. The van der Waals surface area contributed by atoms with Crippen molar-refractivity contribution in [3.05, 3.63) is 21.7 Å². The van der Waals surface area contributed by atoms with Gasteiger partial charge in [0.15, 0.2) is 17.8 Å². The average Bonchev–Trinajstić information content (AvgIpc) is 2.35. The van der Waals surface area contributed by atoms with E-state index in [0.717, 1.165) is 29.2 Å². The van der Waals surface area contributed by atoms with Gasteiger partial charge >= 0.3 is 0 Å². The third-order valence-electron chi connectivity index (χ3n) is 2.48. The molecule has 0 heterocycles. The highest BCUT2D eigenvalue weighted by Gasteiger charge is 2.17. The SMILES string of the molecule is COc1c(C=O)cc(Br)c(CCCN)c1OC. The predicted octanol–water partition coefficient (Wildman–Crippen LogP) is 2.17. The third-order valence-corrected chi connectivity index (χ3v) is 3.19. The molecule has 94 valence electrons. The molecule has 0 aliphatic heterocycles. The second-order valence-corrected chi connectivity index (χ2v) is 4.36. The van der Waals surface area contributed by atoms with E-state index in [1.807, 2.05) is 0 Å². The van der Waals surface area contributed by atoms with E-state index in [0.29, 0.717) is 23.6 Å². The van der Waals surface area contributed by atoms with E-state index < -0.39 is 0 Å². The molecule has 1 aromatic carbocycles. The molecule has 0 radical (unpaired) electrons.